The first kappa shape index (κ1) is 13.8. The van der Waals surface area contributed by atoms with Crippen molar-refractivity contribution in [3.8, 4) is 0 Å². The first-order valence-electron chi connectivity index (χ1n) is 6.02. The normalized spacial score (nSPS) is 19.9. The third-order valence-corrected chi connectivity index (χ3v) is 4.34. The summed E-state index contributed by atoms with van der Waals surface area (Å²) < 4.78 is 0.783. The Morgan fingerprint density at radius 1 is 1.50 bits per heavy atom. The predicted molar refractivity (Wildman–Crippen MR) is 78.2 cm³/mol. The van der Waals surface area contributed by atoms with E-state index in [4.69, 9.17) is 11.6 Å². The first-order chi connectivity index (χ1) is 8.50. The van der Waals surface area contributed by atoms with Crippen LogP contribution < -0.4 is 10.2 Å². The average Bonchev–Trinajstić information content (AvgIpc) is 2.64. The molecule has 1 N–H and O–H groups in total. The van der Waals surface area contributed by atoms with Crippen LogP contribution in [-0.2, 0) is 4.79 Å². The zero-order valence-corrected chi connectivity index (χ0v) is 12.8. The zero-order valence-electron chi connectivity index (χ0n) is 10.4. The molecule has 1 heterocycles. The van der Waals surface area contributed by atoms with Crippen molar-refractivity contribution < 1.29 is 4.79 Å². The minimum absolute atomic E-state index is 0.0871. The minimum atomic E-state index is -0.0871. The summed E-state index contributed by atoms with van der Waals surface area (Å²) in [6.45, 7) is 4.82. The molecule has 1 atom stereocenters. The zero-order chi connectivity index (χ0) is 13.3. The maximum absolute atomic E-state index is 12.3. The molecular formula is C13H16BrClN2O. The van der Waals surface area contributed by atoms with Gasteiger partial charge in [-0.05, 0) is 34.5 Å². The molecule has 3 nitrogen and oxygen atoms in total. The van der Waals surface area contributed by atoms with Crippen molar-refractivity contribution in [2.75, 3.05) is 11.4 Å². The number of halogens is 2. The van der Waals surface area contributed by atoms with E-state index in [0.717, 1.165) is 23.1 Å². The van der Waals surface area contributed by atoms with Crippen LogP contribution >= 0.6 is 27.5 Å². The van der Waals surface area contributed by atoms with Crippen LogP contribution in [-0.4, -0.2) is 24.5 Å². The number of hydrogen-bond donors (Lipinski definition) is 1. The second-order valence-corrected chi connectivity index (χ2v) is 5.93. The number of amides is 1. The Kier molecular flexibility index (Phi) is 4.30. The quantitative estimate of drug-likeness (QED) is 0.922. The van der Waals surface area contributed by atoms with Gasteiger partial charge in [0.2, 0.25) is 5.91 Å². The van der Waals surface area contributed by atoms with Crippen LogP contribution in [0.1, 0.15) is 20.3 Å². The largest absolute Gasteiger partial charge is 0.310 e. The lowest BCUT2D eigenvalue weighted by Gasteiger charge is -2.20. The van der Waals surface area contributed by atoms with Crippen LogP contribution in [0.15, 0.2) is 22.7 Å². The van der Waals surface area contributed by atoms with Gasteiger partial charge in [0.1, 0.15) is 0 Å². The fourth-order valence-corrected chi connectivity index (χ4v) is 2.82. The first-order valence-corrected chi connectivity index (χ1v) is 7.19. The molecule has 1 saturated heterocycles. The molecule has 1 aliphatic heterocycles. The Bertz CT molecular complexity index is 464. The van der Waals surface area contributed by atoms with Crippen LogP contribution in [0.4, 0.5) is 5.69 Å². The molecule has 0 radical (unpaired) electrons. The van der Waals surface area contributed by atoms with E-state index in [9.17, 15) is 4.79 Å². The van der Waals surface area contributed by atoms with Gasteiger partial charge in [0.05, 0.1) is 21.2 Å². The second-order valence-electron chi connectivity index (χ2n) is 4.73. The van der Waals surface area contributed by atoms with Gasteiger partial charge in [-0.15, -0.1) is 0 Å². The third-order valence-electron chi connectivity index (χ3n) is 2.96. The number of nitrogens with zero attached hydrogens (tertiary/aromatic N) is 1. The molecule has 5 heteroatoms. The predicted octanol–water partition coefficient (Wildman–Crippen LogP) is 3.21. The van der Waals surface area contributed by atoms with Gasteiger partial charge in [-0.3, -0.25) is 4.79 Å². The van der Waals surface area contributed by atoms with Gasteiger partial charge in [-0.1, -0.05) is 31.5 Å². The number of carbonyl (C=O) groups excluding carboxylic acids is 1. The van der Waals surface area contributed by atoms with Gasteiger partial charge >= 0.3 is 0 Å². The van der Waals surface area contributed by atoms with E-state index in [2.05, 4.69) is 21.2 Å². The standard InChI is InChI=1S/C13H16BrClN2O/c1-8(2)16-10-6-7-17(13(10)18)11-5-3-4-9(15)12(11)14/h3-5,8,10,16H,6-7H2,1-2H3. The Hall–Kier alpha value is -0.580. The number of rotatable bonds is 3. The van der Waals surface area contributed by atoms with Crippen molar-refractivity contribution >= 4 is 39.1 Å². The lowest BCUT2D eigenvalue weighted by Crippen LogP contribution is -2.41. The average molecular weight is 332 g/mol. The molecule has 1 fully saturated rings. The van der Waals surface area contributed by atoms with Gasteiger partial charge in [0, 0.05) is 12.6 Å². The molecule has 0 saturated carbocycles. The molecule has 1 aromatic carbocycles. The van der Waals surface area contributed by atoms with Crippen molar-refractivity contribution in [3.05, 3.63) is 27.7 Å². The summed E-state index contributed by atoms with van der Waals surface area (Å²) in [5.74, 6) is 0.117. The summed E-state index contributed by atoms with van der Waals surface area (Å²) in [4.78, 5) is 14.1. The van der Waals surface area contributed by atoms with Gasteiger partial charge in [-0.2, -0.15) is 0 Å². The van der Waals surface area contributed by atoms with Gasteiger partial charge in [-0.25, -0.2) is 0 Å². The van der Waals surface area contributed by atoms with Crippen molar-refractivity contribution in [1.82, 2.24) is 5.32 Å². The van der Waals surface area contributed by atoms with Crippen LogP contribution in [0.2, 0.25) is 5.02 Å². The molecule has 2 rings (SSSR count). The summed E-state index contributed by atoms with van der Waals surface area (Å²) in [7, 11) is 0. The maximum Gasteiger partial charge on any atom is 0.244 e. The maximum atomic E-state index is 12.3. The van der Waals surface area contributed by atoms with E-state index >= 15 is 0 Å². The molecule has 1 amide bonds. The number of hydrogen-bond acceptors (Lipinski definition) is 2. The summed E-state index contributed by atoms with van der Waals surface area (Å²) in [6, 6.07) is 5.79. The molecule has 1 aliphatic rings. The van der Waals surface area contributed by atoms with Gasteiger partial charge < -0.3 is 10.2 Å². The minimum Gasteiger partial charge on any atom is -0.310 e. The van der Waals surface area contributed by atoms with Crippen molar-refractivity contribution in [3.63, 3.8) is 0 Å². The molecule has 0 spiro atoms. The monoisotopic (exact) mass is 330 g/mol. The van der Waals surface area contributed by atoms with Crippen LogP contribution in [0, 0.1) is 0 Å². The van der Waals surface area contributed by atoms with E-state index < -0.39 is 0 Å². The second kappa shape index (κ2) is 5.59. The van der Waals surface area contributed by atoms with Gasteiger partial charge in [0.25, 0.3) is 0 Å². The number of anilines is 1. The molecular weight excluding hydrogens is 316 g/mol. The van der Waals surface area contributed by atoms with E-state index in [1.807, 2.05) is 26.0 Å². The highest BCUT2D eigenvalue weighted by Crippen LogP contribution is 2.34. The fraction of sp³-hybridized carbons (Fsp3) is 0.462. The number of nitrogens with one attached hydrogen (secondary N) is 1. The summed E-state index contributed by atoms with van der Waals surface area (Å²) >= 11 is 9.50. The summed E-state index contributed by atoms with van der Waals surface area (Å²) in [5, 5.41) is 3.91. The highest BCUT2D eigenvalue weighted by Gasteiger charge is 2.33. The van der Waals surface area contributed by atoms with E-state index in [0.29, 0.717) is 11.1 Å². The van der Waals surface area contributed by atoms with Crippen LogP contribution in [0.3, 0.4) is 0 Å². The Balaban J connectivity index is 2.21. The molecule has 0 aliphatic carbocycles. The van der Waals surface area contributed by atoms with Crippen molar-refractivity contribution in [1.29, 1.82) is 0 Å². The Morgan fingerprint density at radius 2 is 2.22 bits per heavy atom. The lowest BCUT2D eigenvalue weighted by molar-refractivity contribution is -0.118. The van der Waals surface area contributed by atoms with E-state index in [-0.39, 0.29) is 11.9 Å². The number of benzene rings is 1. The SMILES string of the molecule is CC(C)NC1CCN(c2cccc(Cl)c2Br)C1=O. The van der Waals surface area contributed by atoms with Crippen LogP contribution in [0.25, 0.3) is 0 Å². The molecule has 0 aromatic heterocycles. The van der Waals surface area contributed by atoms with Gasteiger partial charge in [0.15, 0.2) is 0 Å². The molecule has 1 unspecified atom stereocenters. The van der Waals surface area contributed by atoms with Crippen molar-refractivity contribution in [2.24, 2.45) is 0 Å². The summed E-state index contributed by atoms with van der Waals surface area (Å²) in [5.41, 5.74) is 0.848. The summed E-state index contributed by atoms with van der Waals surface area (Å²) in [6.07, 6.45) is 0.829. The highest BCUT2D eigenvalue weighted by molar-refractivity contribution is 9.10. The van der Waals surface area contributed by atoms with Crippen molar-refractivity contribution in [2.45, 2.75) is 32.4 Å². The van der Waals surface area contributed by atoms with E-state index in [1.165, 1.54) is 0 Å². The Labute approximate surface area is 121 Å². The lowest BCUT2D eigenvalue weighted by atomic mass is 10.2. The Morgan fingerprint density at radius 3 is 2.89 bits per heavy atom. The highest BCUT2D eigenvalue weighted by atomic mass is 79.9. The third kappa shape index (κ3) is 2.71. The number of carbonyl (C=O) groups is 1. The smallest absolute Gasteiger partial charge is 0.244 e. The molecule has 18 heavy (non-hydrogen) atoms. The molecule has 0 bridgehead atoms. The van der Waals surface area contributed by atoms with E-state index in [1.54, 1.807) is 11.0 Å². The molecule has 1 aromatic rings. The fourth-order valence-electron chi connectivity index (χ4n) is 2.18. The molecule has 98 valence electrons. The topological polar surface area (TPSA) is 32.3 Å². The van der Waals surface area contributed by atoms with Crippen LogP contribution in [0.5, 0.6) is 0 Å².